The van der Waals surface area contributed by atoms with Gasteiger partial charge in [-0.15, -0.1) is 0 Å². The van der Waals surface area contributed by atoms with Crippen LogP contribution in [0.5, 0.6) is 17.2 Å². The smallest absolute Gasteiger partial charge is 0.132 e. The van der Waals surface area contributed by atoms with Crippen molar-refractivity contribution in [3.63, 3.8) is 0 Å². The minimum Gasteiger partial charge on any atom is -0.496 e. The van der Waals surface area contributed by atoms with Crippen LogP contribution in [-0.2, 0) is 6.54 Å². The van der Waals surface area contributed by atoms with Crippen LogP contribution in [0.4, 0.5) is 0 Å². The van der Waals surface area contributed by atoms with E-state index in [1.807, 2.05) is 70.2 Å². The predicted molar refractivity (Wildman–Crippen MR) is 105 cm³/mol. The maximum Gasteiger partial charge on any atom is 0.132 e. The second kappa shape index (κ2) is 9.70. The topological polar surface area (TPSA) is 52.1 Å². The second-order valence-corrected chi connectivity index (χ2v) is 6.44. The molecule has 0 spiro atoms. The Morgan fingerprint density at radius 1 is 0.962 bits per heavy atom. The van der Waals surface area contributed by atoms with E-state index in [0.29, 0.717) is 6.54 Å². The number of benzene rings is 2. The van der Waals surface area contributed by atoms with Crippen molar-refractivity contribution in [2.75, 3.05) is 7.11 Å². The van der Waals surface area contributed by atoms with Gasteiger partial charge in [-0.1, -0.05) is 18.2 Å². The summed E-state index contributed by atoms with van der Waals surface area (Å²) in [4.78, 5) is 0. The average Bonchev–Trinajstić information content (AvgIpc) is 2.59. The van der Waals surface area contributed by atoms with Crippen molar-refractivity contribution in [2.24, 2.45) is 5.10 Å². The molecule has 0 aliphatic rings. The number of para-hydroxylation sites is 1. The van der Waals surface area contributed by atoms with Gasteiger partial charge in [0.25, 0.3) is 0 Å². The van der Waals surface area contributed by atoms with Gasteiger partial charge in [0.05, 0.1) is 32.1 Å². The quantitative estimate of drug-likeness (QED) is 0.535. The number of rotatable bonds is 9. The van der Waals surface area contributed by atoms with Crippen molar-refractivity contribution in [3.05, 3.63) is 53.6 Å². The van der Waals surface area contributed by atoms with Crippen molar-refractivity contribution in [1.82, 2.24) is 5.43 Å². The highest BCUT2D eigenvalue weighted by Crippen LogP contribution is 2.25. The van der Waals surface area contributed by atoms with E-state index in [4.69, 9.17) is 14.2 Å². The van der Waals surface area contributed by atoms with E-state index in [-0.39, 0.29) is 12.2 Å². The molecule has 2 rings (SSSR count). The highest BCUT2D eigenvalue weighted by atomic mass is 16.5. The first-order chi connectivity index (χ1) is 12.5. The van der Waals surface area contributed by atoms with Crippen LogP contribution in [0.2, 0.25) is 0 Å². The fourth-order valence-corrected chi connectivity index (χ4v) is 2.42. The number of methoxy groups -OCH3 is 1. The normalized spacial score (nSPS) is 11.2. The Morgan fingerprint density at radius 2 is 1.69 bits per heavy atom. The molecular formula is C21H28N2O3. The molecule has 140 valence electrons. The number of ether oxygens (including phenoxy) is 3. The largest absolute Gasteiger partial charge is 0.496 e. The Balaban J connectivity index is 2.07. The molecule has 2 aromatic rings. The number of nitrogens with one attached hydrogen (secondary N) is 1. The Bertz CT molecular complexity index is 727. The van der Waals surface area contributed by atoms with Crippen LogP contribution in [0.1, 0.15) is 38.8 Å². The standard InChI is InChI=1S/C21H28N2O3/c1-15(2)25-19-11-10-18(21(12-19)26-16(3)4)14-23-22-13-17-8-6-7-9-20(17)24-5/h6-12,14-16,22H,13H2,1-5H3/b23-14+. The molecule has 26 heavy (non-hydrogen) atoms. The van der Waals surface area contributed by atoms with Gasteiger partial charge in [0.2, 0.25) is 0 Å². The zero-order valence-electron chi connectivity index (χ0n) is 16.2. The molecule has 0 saturated heterocycles. The van der Waals surface area contributed by atoms with Crippen molar-refractivity contribution in [2.45, 2.75) is 46.4 Å². The van der Waals surface area contributed by atoms with Crippen LogP contribution in [-0.4, -0.2) is 25.5 Å². The third-order valence-electron chi connectivity index (χ3n) is 3.48. The van der Waals surface area contributed by atoms with Gasteiger partial charge in [0.15, 0.2) is 0 Å². The first kappa shape index (κ1) is 19.6. The van der Waals surface area contributed by atoms with Crippen LogP contribution in [0, 0.1) is 0 Å². The van der Waals surface area contributed by atoms with E-state index in [1.54, 1.807) is 13.3 Å². The SMILES string of the molecule is COc1ccccc1CN/N=C/c1ccc(OC(C)C)cc1OC(C)C. The molecule has 0 fully saturated rings. The molecule has 0 unspecified atom stereocenters. The van der Waals surface area contributed by atoms with Gasteiger partial charge in [0, 0.05) is 17.2 Å². The molecule has 0 bridgehead atoms. The van der Waals surface area contributed by atoms with E-state index in [9.17, 15) is 0 Å². The van der Waals surface area contributed by atoms with Gasteiger partial charge < -0.3 is 19.6 Å². The zero-order chi connectivity index (χ0) is 18.9. The molecule has 0 amide bonds. The Hall–Kier alpha value is -2.69. The minimum atomic E-state index is 0.0676. The lowest BCUT2D eigenvalue weighted by Gasteiger charge is -2.15. The van der Waals surface area contributed by atoms with Gasteiger partial charge in [-0.05, 0) is 45.9 Å². The molecule has 5 heteroatoms. The van der Waals surface area contributed by atoms with Crippen LogP contribution < -0.4 is 19.6 Å². The number of hydrogen-bond acceptors (Lipinski definition) is 5. The fourth-order valence-electron chi connectivity index (χ4n) is 2.42. The molecule has 1 N–H and O–H groups in total. The lowest BCUT2D eigenvalue weighted by atomic mass is 10.2. The molecule has 0 heterocycles. The number of hydrazone groups is 1. The van der Waals surface area contributed by atoms with Crippen LogP contribution >= 0.6 is 0 Å². The molecular weight excluding hydrogens is 328 g/mol. The molecule has 0 saturated carbocycles. The first-order valence-electron chi connectivity index (χ1n) is 8.84. The Kier molecular flexibility index (Phi) is 7.33. The van der Waals surface area contributed by atoms with E-state index in [0.717, 1.165) is 28.4 Å². The summed E-state index contributed by atoms with van der Waals surface area (Å²) in [5.74, 6) is 2.38. The zero-order valence-corrected chi connectivity index (χ0v) is 16.2. The highest BCUT2D eigenvalue weighted by molar-refractivity contribution is 5.83. The third-order valence-corrected chi connectivity index (χ3v) is 3.48. The van der Waals surface area contributed by atoms with Gasteiger partial charge in [-0.2, -0.15) is 5.10 Å². The summed E-state index contributed by atoms with van der Waals surface area (Å²) in [7, 11) is 1.67. The number of nitrogens with zero attached hydrogens (tertiary/aromatic N) is 1. The monoisotopic (exact) mass is 356 g/mol. The van der Waals surface area contributed by atoms with E-state index < -0.39 is 0 Å². The van der Waals surface area contributed by atoms with Gasteiger partial charge in [-0.3, -0.25) is 0 Å². The molecule has 0 aromatic heterocycles. The summed E-state index contributed by atoms with van der Waals surface area (Å²) < 4.78 is 17.0. The van der Waals surface area contributed by atoms with Crippen LogP contribution in [0.25, 0.3) is 0 Å². The molecule has 0 atom stereocenters. The summed E-state index contributed by atoms with van der Waals surface area (Å²) in [6.07, 6.45) is 1.94. The van der Waals surface area contributed by atoms with Gasteiger partial charge >= 0.3 is 0 Å². The summed E-state index contributed by atoms with van der Waals surface area (Å²) in [6, 6.07) is 13.6. The predicted octanol–water partition coefficient (Wildman–Crippen LogP) is 4.39. The Morgan fingerprint density at radius 3 is 2.38 bits per heavy atom. The van der Waals surface area contributed by atoms with Gasteiger partial charge in [-0.25, -0.2) is 0 Å². The molecule has 0 radical (unpaired) electrons. The summed E-state index contributed by atoms with van der Waals surface area (Å²) in [6.45, 7) is 8.57. The molecule has 0 aliphatic carbocycles. The average molecular weight is 356 g/mol. The van der Waals surface area contributed by atoms with Crippen molar-refractivity contribution in [3.8, 4) is 17.2 Å². The van der Waals surface area contributed by atoms with Gasteiger partial charge in [0.1, 0.15) is 17.2 Å². The molecule has 0 aliphatic heterocycles. The van der Waals surface area contributed by atoms with Crippen LogP contribution in [0.15, 0.2) is 47.6 Å². The second-order valence-electron chi connectivity index (χ2n) is 6.44. The summed E-state index contributed by atoms with van der Waals surface area (Å²) in [5, 5.41) is 4.32. The van der Waals surface area contributed by atoms with Crippen molar-refractivity contribution in [1.29, 1.82) is 0 Å². The first-order valence-corrected chi connectivity index (χ1v) is 8.84. The lowest BCUT2D eigenvalue weighted by Crippen LogP contribution is -2.10. The fraction of sp³-hybridized carbons (Fsp3) is 0.381. The maximum atomic E-state index is 5.90. The highest BCUT2D eigenvalue weighted by Gasteiger charge is 2.08. The molecule has 5 nitrogen and oxygen atoms in total. The van der Waals surface area contributed by atoms with E-state index >= 15 is 0 Å². The molecule has 2 aromatic carbocycles. The minimum absolute atomic E-state index is 0.0676. The maximum absolute atomic E-state index is 5.90. The summed E-state index contributed by atoms with van der Waals surface area (Å²) in [5.41, 5.74) is 4.99. The lowest BCUT2D eigenvalue weighted by molar-refractivity contribution is 0.229. The Labute approximate surface area is 156 Å². The van der Waals surface area contributed by atoms with Crippen molar-refractivity contribution < 1.29 is 14.2 Å². The third kappa shape index (κ3) is 5.99. The van der Waals surface area contributed by atoms with E-state index in [2.05, 4.69) is 10.5 Å². The van der Waals surface area contributed by atoms with Crippen LogP contribution in [0.3, 0.4) is 0 Å². The van der Waals surface area contributed by atoms with E-state index in [1.165, 1.54) is 0 Å². The summed E-state index contributed by atoms with van der Waals surface area (Å²) >= 11 is 0. The van der Waals surface area contributed by atoms with Crippen molar-refractivity contribution >= 4 is 6.21 Å². The number of hydrogen-bond donors (Lipinski definition) is 1.